The van der Waals surface area contributed by atoms with Crippen LogP contribution in [-0.2, 0) is 9.84 Å². The monoisotopic (exact) mass is 288 g/mol. The van der Waals surface area contributed by atoms with Gasteiger partial charge in [-0.15, -0.1) is 0 Å². The van der Waals surface area contributed by atoms with E-state index >= 15 is 0 Å². The highest BCUT2D eigenvalue weighted by molar-refractivity contribution is 7.94. The summed E-state index contributed by atoms with van der Waals surface area (Å²) >= 11 is 0. The third kappa shape index (κ3) is 1.74. The van der Waals surface area contributed by atoms with Gasteiger partial charge in [-0.25, -0.2) is 12.8 Å². The number of hydrogen-bond acceptors (Lipinski definition) is 2. The van der Waals surface area contributed by atoms with Gasteiger partial charge in [0, 0.05) is 5.92 Å². The lowest BCUT2D eigenvalue weighted by Crippen LogP contribution is -2.59. The van der Waals surface area contributed by atoms with Crippen LogP contribution in [-0.4, -0.2) is 18.2 Å². The molecule has 4 saturated carbocycles. The first-order valence-electron chi connectivity index (χ1n) is 7.61. The van der Waals surface area contributed by atoms with E-state index in [4.69, 9.17) is 0 Å². The molecule has 4 aliphatic rings. The maximum absolute atomic E-state index is 14.9. The minimum atomic E-state index is -3.72. The van der Waals surface area contributed by atoms with Crippen molar-refractivity contribution in [2.45, 2.75) is 69.0 Å². The van der Waals surface area contributed by atoms with Crippen LogP contribution in [0.2, 0.25) is 0 Å². The number of sulfone groups is 1. The number of rotatable bonds is 3. The Labute approximate surface area is 116 Å². The molecule has 0 N–H and O–H groups in total. The summed E-state index contributed by atoms with van der Waals surface area (Å²) in [6, 6.07) is 0. The van der Waals surface area contributed by atoms with Crippen molar-refractivity contribution >= 4 is 9.84 Å². The molecular formula is C15H25FO2S. The predicted octanol–water partition coefficient (Wildman–Crippen LogP) is 3.71. The molecule has 0 aliphatic heterocycles. The molecule has 110 valence electrons. The molecule has 4 heteroatoms. The molecule has 1 atom stereocenters. The third-order valence-electron chi connectivity index (χ3n) is 6.11. The van der Waals surface area contributed by atoms with E-state index in [9.17, 15) is 12.8 Å². The Balaban J connectivity index is 2.02. The standard InChI is InChI=1S/C15H25FO2S/c1-10(2)14(3,16)19(17,18)15-7-11-4-12(8-15)6-13(5-11)9-15/h10-13H,4-9H2,1-3H3. The molecule has 4 bridgehead atoms. The van der Waals surface area contributed by atoms with Crippen LogP contribution in [0, 0.1) is 23.7 Å². The second-order valence-electron chi connectivity index (χ2n) is 7.74. The summed E-state index contributed by atoms with van der Waals surface area (Å²) in [5.74, 6) is 1.11. The first-order valence-corrected chi connectivity index (χ1v) is 9.09. The van der Waals surface area contributed by atoms with Gasteiger partial charge in [0.2, 0.25) is 5.00 Å². The van der Waals surface area contributed by atoms with Gasteiger partial charge in [-0.1, -0.05) is 13.8 Å². The Morgan fingerprint density at radius 2 is 1.42 bits per heavy atom. The average Bonchev–Trinajstić information content (AvgIpc) is 2.26. The molecule has 4 aliphatic carbocycles. The van der Waals surface area contributed by atoms with Crippen LogP contribution < -0.4 is 0 Å². The van der Waals surface area contributed by atoms with E-state index < -0.39 is 25.5 Å². The van der Waals surface area contributed by atoms with E-state index in [1.54, 1.807) is 13.8 Å². The molecule has 0 saturated heterocycles. The SMILES string of the molecule is CC(C)C(C)(F)S(=O)(=O)C12CC3CC(CC(C3)C1)C2. The topological polar surface area (TPSA) is 34.1 Å². The van der Waals surface area contributed by atoms with Crippen LogP contribution in [0.4, 0.5) is 4.39 Å². The van der Waals surface area contributed by atoms with E-state index in [0.29, 0.717) is 37.0 Å². The van der Waals surface area contributed by atoms with Crippen molar-refractivity contribution in [1.29, 1.82) is 0 Å². The quantitative estimate of drug-likeness (QED) is 0.793. The molecule has 1 unspecified atom stereocenters. The second-order valence-corrected chi connectivity index (χ2v) is 10.4. The van der Waals surface area contributed by atoms with Crippen molar-refractivity contribution in [1.82, 2.24) is 0 Å². The summed E-state index contributed by atoms with van der Waals surface area (Å²) in [6.45, 7) is 4.64. The van der Waals surface area contributed by atoms with Gasteiger partial charge in [0.1, 0.15) is 0 Å². The second kappa shape index (κ2) is 3.96. The van der Waals surface area contributed by atoms with Crippen LogP contribution in [0.25, 0.3) is 0 Å². The molecule has 0 aromatic rings. The summed E-state index contributed by atoms with van der Waals surface area (Å²) in [6.07, 6.45) is 5.69. The zero-order valence-electron chi connectivity index (χ0n) is 12.2. The van der Waals surface area contributed by atoms with Gasteiger partial charge in [0.05, 0.1) is 4.75 Å². The fourth-order valence-electron chi connectivity index (χ4n) is 5.09. The minimum absolute atomic E-state index is 0.481. The molecule has 2 nitrogen and oxygen atoms in total. The van der Waals surface area contributed by atoms with Gasteiger partial charge >= 0.3 is 0 Å². The molecule has 4 fully saturated rings. The Morgan fingerprint density at radius 1 is 1.05 bits per heavy atom. The van der Waals surface area contributed by atoms with Gasteiger partial charge in [-0.3, -0.25) is 0 Å². The zero-order chi connectivity index (χ0) is 14.1. The first-order chi connectivity index (χ1) is 8.68. The summed E-state index contributed by atoms with van der Waals surface area (Å²) in [7, 11) is -3.72. The maximum Gasteiger partial charge on any atom is 0.210 e. The highest BCUT2D eigenvalue weighted by Crippen LogP contribution is 2.60. The van der Waals surface area contributed by atoms with Crippen molar-refractivity contribution in [3.05, 3.63) is 0 Å². The molecule has 0 radical (unpaired) electrons. The fourth-order valence-corrected chi connectivity index (χ4v) is 7.93. The predicted molar refractivity (Wildman–Crippen MR) is 74.2 cm³/mol. The molecule has 0 heterocycles. The zero-order valence-corrected chi connectivity index (χ0v) is 13.0. The highest BCUT2D eigenvalue weighted by Gasteiger charge is 2.62. The van der Waals surface area contributed by atoms with Crippen molar-refractivity contribution in [2.24, 2.45) is 23.7 Å². The van der Waals surface area contributed by atoms with Crippen LogP contribution in [0.5, 0.6) is 0 Å². The smallest absolute Gasteiger partial charge is 0.210 e. The summed E-state index contributed by atoms with van der Waals surface area (Å²) < 4.78 is 40.1. The molecule has 0 aromatic heterocycles. The van der Waals surface area contributed by atoms with E-state index in [1.807, 2.05) is 0 Å². The molecule has 0 aromatic carbocycles. The Kier molecular flexibility index (Phi) is 2.88. The molecule has 0 spiro atoms. The van der Waals surface area contributed by atoms with E-state index in [2.05, 4.69) is 0 Å². The first kappa shape index (κ1) is 13.8. The summed E-state index contributed by atoms with van der Waals surface area (Å²) in [4.78, 5) is 0. The maximum atomic E-state index is 14.9. The van der Waals surface area contributed by atoms with Crippen LogP contribution in [0.1, 0.15) is 59.3 Å². The van der Waals surface area contributed by atoms with Crippen molar-refractivity contribution in [3.63, 3.8) is 0 Å². The molecule has 4 rings (SSSR count). The van der Waals surface area contributed by atoms with E-state index in [0.717, 1.165) is 0 Å². The van der Waals surface area contributed by atoms with Crippen LogP contribution in [0.15, 0.2) is 0 Å². The van der Waals surface area contributed by atoms with Crippen LogP contribution >= 0.6 is 0 Å². The third-order valence-corrected chi connectivity index (χ3v) is 9.27. The van der Waals surface area contributed by atoms with Crippen LogP contribution in [0.3, 0.4) is 0 Å². The Bertz CT molecular complexity index is 443. The molecule has 0 amide bonds. The highest BCUT2D eigenvalue weighted by atomic mass is 32.2. The van der Waals surface area contributed by atoms with Crippen molar-refractivity contribution in [2.75, 3.05) is 0 Å². The lowest BCUT2D eigenvalue weighted by Gasteiger charge is -2.57. The lowest BCUT2D eigenvalue weighted by atomic mass is 9.56. The molecule has 19 heavy (non-hydrogen) atoms. The summed E-state index contributed by atoms with van der Waals surface area (Å²) in [5, 5.41) is -2.08. The average molecular weight is 288 g/mol. The normalized spacial score (nSPS) is 44.6. The lowest BCUT2D eigenvalue weighted by molar-refractivity contribution is 0.0300. The van der Waals surface area contributed by atoms with Crippen molar-refractivity contribution < 1.29 is 12.8 Å². The van der Waals surface area contributed by atoms with Gasteiger partial charge in [0.15, 0.2) is 9.84 Å². The fraction of sp³-hybridized carbons (Fsp3) is 1.00. The van der Waals surface area contributed by atoms with E-state index in [1.165, 1.54) is 26.2 Å². The van der Waals surface area contributed by atoms with Gasteiger partial charge in [0.25, 0.3) is 0 Å². The minimum Gasteiger partial charge on any atom is -0.226 e. The Morgan fingerprint density at radius 3 is 1.74 bits per heavy atom. The molecular weight excluding hydrogens is 263 g/mol. The van der Waals surface area contributed by atoms with Gasteiger partial charge < -0.3 is 0 Å². The van der Waals surface area contributed by atoms with Crippen molar-refractivity contribution in [3.8, 4) is 0 Å². The van der Waals surface area contributed by atoms with Gasteiger partial charge in [-0.2, -0.15) is 0 Å². The number of hydrogen-bond donors (Lipinski definition) is 0. The number of alkyl halides is 1. The largest absolute Gasteiger partial charge is 0.226 e. The summed E-state index contributed by atoms with van der Waals surface area (Å²) in [5.41, 5.74) is 0. The number of halogens is 1. The van der Waals surface area contributed by atoms with E-state index in [-0.39, 0.29) is 0 Å². The van der Waals surface area contributed by atoms with Gasteiger partial charge in [-0.05, 0) is 63.2 Å². The Hall–Kier alpha value is -0.120.